The lowest BCUT2D eigenvalue weighted by molar-refractivity contribution is -0.134. The smallest absolute Gasteiger partial charge is 0.280 e. The van der Waals surface area contributed by atoms with Crippen molar-refractivity contribution in [3.63, 3.8) is 0 Å². The van der Waals surface area contributed by atoms with E-state index in [0.29, 0.717) is 41.7 Å². The van der Waals surface area contributed by atoms with Gasteiger partial charge in [-0.3, -0.25) is 19.4 Å². The molecule has 2 aliphatic rings. The minimum Gasteiger partial charge on any atom is -0.360 e. The number of amides is 3. The predicted octanol–water partition coefficient (Wildman–Crippen LogP) is 3.66. The Kier molecular flexibility index (Phi) is 8.73. The summed E-state index contributed by atoms with van der Waals surface area (Å²) in [6.45, 7) is 0.635. The minimum absolute atomic E-state index is 0. The molecule has 0 unspecified atom stereocenters. The number of fused-ring (bicyclic) bond motifs is 2. The quantitative estimate of drug-likeness (QED) is 0.468. The number of nitrogens with zero attached hydrogens (tertiary/aromatic N) is 5. The Labute approximate surface area is 241 Å². The zero-order valence-corrected chi connectivity index (χ0v) is 24.1. The second-order valence-corrected chi connectivity index (χ2v) is 11.4. The highest BCUT2D eigenvalue weighted by Crippen LogP contribution is 2.31. The molecule has 0 radical (unpaired) electrons. The van der Waals surface area contributed by atoms with Crippen molar-refractivity contribution in [2.24, 2.45) is 10.9 Å². The second kappa shape index (κ2) is 11.8. The van der Waals surface area contributed by atoms with E-state index in [1.54, 1.807) is 49.7 Å². The summed E-state index contributed by atoms with van der Waals surface area (Å²) in [6, 6.07) is 6.28. The Morgan fingerprint density at radius 3 is 2.62 bits per heavy atom. The van der Waals surface area contributed by atoms with Crippen LogP contribution in [0.2, 0.25) is 5.02 Å². The van der Waals surface area contributed by atoms with E-state index in [0.717, 1.165) is 15.6 Å². The third kappa shape index (κ3) is 6.32. The van der Waals surface area contributed by atoms with Crippen molar-refractivity contribution >= 4 is 76.0 Å². The molecule has 1 aliphatic heterocycles. The van der Waals surface area contributed by atoms with Crippen LogP contribution in [-0.2, 0) is 11.3 Å². The van der Waals surface area contributed by atoms with Crippen LogP contribution in [0.25, 0.3) is 10.8 Å². The number of carbonyl (C=O) groups is 3. The van der Waals surface area contributed by atoms with E-state index < -0.39 is 6.04 Å². The number of hydrogen-bond donors (Lipinski definition) is 2. The fourth-order valence-electron chi connectivity index (χ4n) is 4.87. The molecule has 3 atom stereocenters. The molecular weight excluding hydrogens is 561 g/mol. The highest BCUT2D eigenvalue weighted by Gasteiger charge is 2.37. The number of benzene rings is 1. The fourth-order valence-corrected chi connectivity index (χ4v) is 6.02. The Morgan fingerprint density at radius 2 is 1.85 bits per heavy atom. The van der Waals surface area contributed by atoms with E-state index in [4.69, 9.17) is 11.6 Å². The Bertz CT molecular complexity index is 1440. The van der Waals surface area contributed by atoms with Crippen LogP contribution in [0, 0.1) is 5.92 Å². The molecule has 0 saturated heterocycles. The van der Waals surface area contributed by atoms with Crippen LogP contribution in [0.1, 0.15) is 44.4 Å². The number of pyridine rings is 1. The Morgan fingerprint density at radius 1 is 1.08 bits per heavy atom. The summed E-state index contributed by atoms with van der Waals surface area (Å²) in [5.74, 6) is -0.382. The molecule has 1 aliphatic carbocycles. The molecule has 5 rings (SSSR count). The topological polar surface area (TPSA) is 120 Å². The number of aromatic nitrogens is 2. The molecule has 3 amide bonds. The normalized spacial score (nSPS) is 20.1. The number of carbonyl (C=O) groups excluding carboxylic acids is 3. The molecule has 0 bridgehead atoms. The monoisotopic (exact) mass is 589 g/mol. The van der Waals surface area contributed by atoms with E-state index >= 15 is 0 Å². The molecule has 1 saturated carbocycles. The van der Waals surface area contributed by atoms with Crippen LogP contribution < -0.4 is 10.6 Å². The Balaban J connectivity index is 0.00000353. The average Bonchev–Trinajstić information content (AvgIpc) is 3.32. The summed E-state index contributed by atoms with van der Waals surface area (Å²) in [7, 11) is 5.35. The first-order valence-corrected chi connectivity index (χ1v) is 13.5. The first kappa shape index (κ1) is 28.7. The van der Waals surface area contributed by atoms with Crippen LogP contribution in [-0.4, -0.2) is 77.1 Å². The van der Waals surface area contributed by atoms with Gasteiger partial charge in [0.05, 0.1) is 23.8 Å². The highest BCUT2D eigenvalue weighted by atomic mass is 35.5. The van der Waals surface area contributed by atoms with Gasteiger partial charge in [-0.15, -0.1) is 23.7 Å². The molecule has 0 spiro atoms. The lowest BCUT2D eigenvalue weighted by Gasteiger charge is -2.37. The summed E-state index contributed by atoms with van der Waals surface area (Å²) < 4.78 is 0. The van der Waals surface area contributed by atoms with Crippen LogP contribution in [0.15, 0.2) is 35.5 Å². The van der Waals surface area contributed by atoms with E-state index in [1.807, 2.05) is 18.0 Å². The van der Waals surface area contributed by atoms with Gasteiger partial charge in [-0.05, 0) is 42.8 Å². The number of nitrogens with one attached hydrogen (secondary N) is 2. The number of rotatable bonds is 5. The minimum atomic E-state index is -0.458. The largest absolute Gasteiger partial charge is 0.360 e. The van der Waals surface area contributed by atoms with Crippen molar-refractivity contribution in [1.82, 2.24) is 30.4 Å². The number of hydrogen-bond acceptors (Lipinski definition) is 8. The SMILES string of the molecule is CN1C=Nc2nc(C(=O)N[C@H]3C[C@@H](C(=O)N(C)C)CC[C@@H]3NC(=O)c3cc4ccc(Cl)cc4cn3)sc2C1.Cl. The lowest BCUT2D eigenvalue weighted by atomic mass is 9.81. The lowest BCUT2D eigenvalue weighted by Crippen LogP contribution is -2.56. The molecule has 2 N–H and O–H groups in total. The van der Waals surface area contributed by atoms with Crippen LogP contribution in [0.4, 0.5) is 5.82 Å². The zero-order valence-electron chi connectivity index (χ0n) is 21.7. The van der Waals surface area contributed by atoms with E-state index in [1.165, 1.54) is 11.3 Å². The summed E-state index contributed by atoms with van der Waals surface area (Å²) >= 11 is 7.36. The van der Waals surface area contributed by atoms with Crippen molar-refractivity contribution in [1.29, 1.82) is 0 Å². The maximum absolute atomic E-state index is 13.2. The van der Waals surface area contributed by atoms with Crippen molar-refractivity contribution in [2.45, 2.75) is 37.9 Å². The van der Waals surface area contributed by atoms with E-state index in [-0.39, 0.29) is 47.8 Å². The van der Waals surface area contributed by atoms with E-state index in [9.17, 15) is 14.4 Å². The van der Waals surface area contributed by atoms with Crippen molar-refractivity contribution < 1.29 is 14.4 Å². The van der Waals surface area contributed by atoms with Gasteiger partial charge in [0.1, 0.15) is 5.69 Å². The van der Waals surface area contributed by atoms with Crippen LogP contribution in [0.3, 0.4) is 0 Å². The van der Waals surface area contributed by atoms with Gasteiger partial charge in [-0.25, -0.2) is 9.98 Å². The van der Waals surface area contributed by atoms with Crippen molar-refractivity contribution in [3.05, 3.63) is 51.1 Å². The maximum Gasteiger partial charge on any atom is 0.280 e. The van der Waals surface area contributed by atoms with E-state index in [2.05, 4.69) is 25.6 Å². The molecule has 10 nitrogen and oxygen atoms in total. The highest BCUT2D eigenvalue weighted by molar-refractivity contribution is 7.14. The van der Waals surface area contributed by atoms with Crippen LogP contribution >= 0.6 is 35.3 Å². The molecule has 13 heteroatoms. The summed E-state index contributed by atoms with van der Waals surface area (Å²) in [6.07, 6.45) is 4.84. The second-order valence-electron chi connectivity index (χ2n) is 9.89. The summed E-state index contributed by atoms with van der Waals surface area (Å²) in [5.41, 5.74) is 0.269. The first-order chi connectivity index (χ1) is 18.2. The van der Waals surface area contributed by atoms with Gasteiger partial charge in [0.2, 0.25) is 5.91 Å². The van der Waals surface area contributed by atoms with Crippen molar-refractivity contribution in [2.75, 3.05) is 21.1 Å². The third-order valence-corrected chi connectivity index (χ3v) is 8.09. The maximum atomic E-state index is 13.2. The van der Waals surface area contributed by atoms with Gasteiger partial charge in [0, 0.05) is 49.7 Å². The van der Waals surface area contributed by atoms with Gasteiger partial charge in [-0.2, -0.15) is 0 Å². The molecule has 3 heterocycles. The molecular formula is C26H29Cl2N7O3S. The molecule has 39 heavy (non-hydrogen) atoms. The summed E-state index contributed by atoms with van der Waals surface area (Å²) in [5, 5.41) is 8.68. The molecule has 206 valence electrons. The van der Waals surface area contributed by atoms with Crippen LogP contribution in [0.5, 0.6) is 0 Å². The third-order valence-electron chi connectivity index (χ3n) is 6.83. The number of halogens is 2. The average molecular weight is 591 g/mol. The number of aliphatic imine (C=N–C) groups is 1. The summed E-state index contributed by atoms with van der Waals surface area (Å²) in [4.78, 5) is 56.6. The van der Waals surface area contributed by atoms with Gasteiger partial charge < -0.3 is 20.4 Å². The molecule has 2 aromatic heterocycles. The van der Waals surface area contributed by atoms with Gasteiger partial charge in [0.15, 0.2) is 10.8 Å². The number of thiazole rings is 1. The van der Waals surface area contributed by atoms with Gasteiger partial charge in [-0.1, -0.05) is 17.7 Å². The predicted molar refractivity (Wildman–Crippen MR) is 154 cm³/mol. The first-order valence-electron chi connectivity index (χ1n) is 12.3. The van der Waals surface area contributed by atoms with Gasteiger partial charge >= 0.3 is 0 Å². The standard InChI is InChI=1S/C26H28ClN7O3S.ClH/c1-33(2)26(37)15-5-7-18(30-23(35)20-9-14-4-6-17(27)8-16(14)11-28-20)19(10-15)31-24(36)25-32-22-21(38-25)12-34(3)13-29-22;/h4,6,8-9,11,13,15,18-19H,5,7,10,12H2,1-3H3,(H,30,35)(H,31,36);1H/t15-,18-,19-;/m0./s1. The molecule has 1 aromatic carbocycles. The Hall–Kier alpha value is -3.28. The zero-order chi connectivity index (χ0) is 27.0. The molecule has 3 aromatic rings. The van der Waals surface area contributed by atoms with Crippen molar-refractivity contribution in [3.8, 4) is 0 Å². The molecule has 1 fully saturated rings. The van der Waals surface area contributed by atoms with Gasteiger partial charge in [0.25, 0.3) is 11.8 Å². The fraction of sp³-hybridized carbons (Fsp3) is 0.385.